The number of β-amino-alcohol motifs (C(OH)–C–C–N with tert-alkyl or cyclic N) is 1. The van der Waals surface area contributed by atoms with Gasteiger partial charge in [-0.1, -0.05) is 0 Å². The maximum absolute atomic E-state index is 11.7. The number of aliphatic hydroxyl groups is 1. The fraction of sp³-hybridized carbons (Fsp3) is 0.818. The molecular weight excluding hydrogens is 224 g/mol. The number of piperazine rings is 1. The minimum absolute atomic E-state index is 0.0369. The van der Waals surface area contributed by atoms with Crippen LogP contribution in [-0.4, -0.2) is 71.2 Å². The second-order valence-corrected chi connectivity index (χ2v) is 4.19. The molecule has 98 valence electrons. The van der Waals surface area contributed by atoms with Gasteiger partial charge in [0, 0.05) is 45.6 Å². The van der Waals surface area contributed by atoms with Gasteiger partial charge in [0.05, 0.1) is 6.61 Å². The Hall–Kier alpha value is -1.14. The topological polar surface area (TPSA) is 81.1 Å². The molecule has 6 heteroatoms. The van der Waals surface area contributed by atoms with E-state index in [1.165, 1.54) is 0 Å². The number of hydrogen-bond acceptors (Lipinski definition) is 4. The number of amides is 1. The second-order valence-electron chi connectivity index (χ2n) is 4.19. The van der Waals surface area contributed by atoms with Crippen molar-refractivity contribution >= 4 is 11.9 Å². The highest BCUT2D eigenvalue weighted by atomic mass is 16.4. The lowest BCUT2D eigenvalue weighted by Crippen LogP contribution is -2.49. The molecule has 0 aromatic carbocycles. The molecule has 0 aromatic heterocycles. The van der Waals surface area contributed by atoms with Crippen molar-refractivity contribution in [1.29, 1.82) is 0 Å². The maximum Gasteiger partial charge on any atom is 0.303 e. The van der Waals surface area contributed by atoms with E-state index in [4.69, 9.17) is 10.2 Å². The third kappa shape index (κ3) is 5.14. The number of aliphatic carboxylic acids is 1. The summed E-state index contributed by atoms with van der Waals surface area (Å²) in [6.07, 6.45) is 0.771. The summed E-state index contributed by atoms with van der Waals surface area (Å²) in [7, 11) is 0. The van der Waals surface area contributed by atoms with E-state index in [2.05, 4.69) is 4.90 Å². The van der Waals surface area contributed by atoms with Crippen LogP contribution in [0.3, 0.4) is 0 Å². The molecule has 6 nitrogen and oxygen atoms in total. The lowest BCUT2D eigenvalue weighted by molar-refractivity contribution is -0.137. The van der Waals surface area contributed by atoms with Gasteiger partial charge in [0.15, 0.2) is 0 Å². The van der Waals surface area contributed by atoms with Gasteiger partial charge in [-0.05, 0) is 6.42 Å². The fourth-order valence-electron chi connectivity index (χ4n) is 1.91. The number of carbonyl (C=O) groups excluding carboxylic acids is 1. The molecule has 0 bridgehead atoms. The highest BCUT2D eigenvalue weighted by molar-refractivity contribution is 5.77. The van der Waals surface area contributed by atoms with E-state index in [1.54, 1.807) is 4.90 Å². The van der Waals surface area contributed by atoms with Crippen LogP contribution in [0.1, 0.15) is 19.3 Å². The Bertz CT molecular complexity index is 262. The quantitative estimate of drug-likeness (QED) is 0.650. The molecule has 1 saturated heterocycles. The van der Waals surface area contributed by atoms with Crippen LogP contribution in [0.5, 0.6) is 0 Å². The van der Waals surface area contributed by atoms with E-state index >= 15 is 0 Å². The van der Waals surface area contributed by atoms with E-state index in [9.17, 15) is 9.59 Å². The van der Waals surface area contributed by atoms with Crippen molar-refractivity contribution in [3.8, 4) is 0 Å². The summed E-state index contributed by atoms with van der Waals surface area (Å²) >= 11 is 0. The summed E-state index contributed by atoms with van der Waals surface area (Å²) in [6.45, 7) is 3.71. The van der Waals surface area contributed by atoms with Crippen molar-refractivity contribution in [2.45, 2.75) is 19.3 Å². The van der Waals surface area contributed by atoms with E-state index in [-0.39, 0.29) is 18.9 Å². The molecule has 1 heterocycles. The molecule has 1 fully saturated rings. The number of rotatable bonds is 6. The van der Waals surface area contributed by atoms with Crippen molar-refractivity contribution in [2.24, 2.45) is 0 Å². The minimum Gasteiger partial charge on any atom is -0.481 e. The first-order valence-electron chi connectivity index (χ1n) is 5.96. The monoisotopic (exact) mass is 244 g/mol. The zero-order chi connectivity index (χ0) is 12.7. The molecule has 1 amide bonds. The first-order chi connectivity index (χ1) is 8.13. The first-order valence-corrected chi connectivity index (χ1v) is 5.96. The number of nitrogens with zero attached hydrogens (tertiary/aromatic N) is 2. The molecule has 0 aliphatic carbocycles. The largest absolute Gasteiger partial charge is 0.481 e. The standard InChI is InChI=1S/C11H20N2O4/c14-9-8-12-4-6-13(7-5-12)10(15)2-1-3-11(16)17/h14H,1-9H2,(H,16,17). The van der Waals surface area contributed by atoms with Gasteiger partial charge in [0.25, 0.3) is 0 Å². The van der Waals surface area contributed by atoms with Crippen LogP contribution < -0.4 is 0 Å². The van der Waals surface area contributed by atoms with Crippen LogP contribution in [0.15, 0.2) is 0 Å². The fourth-order valence-corrected chi connectivity index (χ4v) is 1.91. The third-order valence-corrected chi connectivity index (χ3v) is 2.92. The van der Waals surface area contributed by atoms with E-state index < -0.39 is 5.97 Å². The van der Waals surface area contributed by atoms with Gasteiger partial charge in [-0.3, -0.25) is 14.5 Å². The molecule has 0 spiro atoms. The van der Waals surface area contributed by atoms with E-state index in [0.717, 1.165) is 13.1 Å². The van der Waals surface area contributed by atoms with Crippen molar-refractivity contribution in [1.82, 2.24) is 9.80 Å². The molecule has 0 aromatic rings. The Morgan fingerprint density at radius 3 is 2.24 bits per heavy atom. The summed E-state index contributed by atoms with van der Waals surface area (Å²) < 4.78 is 0. The number of carbonyl (C=O) groups is 2. The Balaban J connectivity index is 2.19. The van der Waals surface area contributed by atoms with Crippen LogP contribution >= 0.6 is 0 Å². The smallest absolute Gasteiger partial charge is 0.303 e. The zero-order valence-corrected chi connectivity index (χ0v) is 9.97. The molecular formula is C11H20N2O4. The molecule has 0 unspecified atom stereocenters. The molecule has 1 aliphatic rings. The van der Waals surface area contributed by atoms with Crippen LogP contribution in [0.25, 0.3) is 0 Å². The molecule has 2 N–H and O–H groups in total. The van der Waals surface area contributed by atoms with Gasteiger partial charge < -0.3 is 15.1 Å². The molecule has 0 atom stereocenters. The van der Waals surface area contributed by atoms with E-state index in [1.807, 2.05) is 0 Å². The SMILES string of the molecule is O=C(O)CCCC(=O)N1CCN(CCO)CC1. The Kier molecular flexibility index (Phi) is 5.93. The van der Waals surface area contributed by atoms with Gasteiger partial charge in [0.2, 0.25) is 5.91 Å². The molecule has 1 rings (SSSR count). The molecule has 17 heavy (non-hydrogen) atoms. The van der Waals surface area contributed by atoms with Crippen LogP contribution in [0.2, 0.25) is 0 Å². The van der Waals surface area contributed by atoms with Crippen LogP contribution in [0, 0.1) is 0 Å². The number of carboxylic acid groups (broad SMARTS) is 1. The molecule has 0 saturated carbocycles. The Labute approximate surface area is 101 Å². The first kappa shape index (κ1) is 13.9. The lowest BCUT2D eigenvalue weighted by Gasteiger charge is -2.34. The van der Waals surface area contributed by atoms with Gasteiger partial charge in [-0.2, -0.15) is 0 Å². The van der Waals surface area contributed by atoms with Crippen LogP contribution in [0.4, 0.5) is 0 Å². The number of hydrogen-bond donors (Lipinski definition) is 2. The van der Waals surface area contributed by atoms with Crippen LogP contribution in [-0.2, 0) is 9.59 Å². The van der Waals surface area contributed by atoms with E-state index in [0.29, 0.717) is 32.5 Å². The Morgan fingerprint density at radius 2 is 1.71 bits per heavy atom. The lowest BCUT2D eigenvalue weighted by atomic mass is 10.2. The summed E-state index contributed by atoms with van der Waals surface area (Å²) in [5.41, 5.74) is 0. The highest BCUT2D eigenvalue weighted by Gasteiger charge is 2.20. The van der Waals surface area contributed by atoms with Gasteiger partial charge >= 0.3 is 5.97 Å². The zero-order valence-electron chi connectivity index (χ0n) is 9.97. The number of aliphatic hydroxyl groups excluding tert-OH is 1. The maximum atomic E-state index is 11.7. The van der Waals surface area contributed by atoms with Crippen molar-refractivity contribution in [3.05, 3.63) is 0 Å². The predicted octanol–water partition coefficient (Wildman–Crippen LogP) is -0.622. The normalized spacial score (nSPS) is 17.1. The summed E-state index contributed by atoms with van der Waals surface area (Å²) in [6, 6.07) is 0. The number of carboxylic acids is 1. The minimum atomic E-state index is -0.856. The van der Waals surface area contributed by atoms with Crippen molar-refractivity contribution in [3.63, 3.8) is 0 Å². The average molecular weight is 244 g/mol. The second kappa shape index (κ2) is 7.24. The van der Waals surface area contributed by atoms with Crippen molar-refractivity contribution < 1.29 is 19.8 Å². The van der Waals surface area contributed by atoms with Gasteiger partial charge in [0.1, 0.15) is 0 Å². The predicted molar refractivity (Wildman–Crippen MR) is 61.6 cm³/mol. The molecule has 0 radical (unpaired) electrons. The molecule has 1 aliphatic heterocycles. The highest BCUT2D eigenvalue weighted by Crippen LogP contribution is 2.06. The summed E-state index contributed by atoms with van der Waals surface area (Å²) in [5, 5.41) is 17.3. The third-order valence-electron chi connectivity index (χ3n) is 2.92. The van der Waals surface area contributed by atoms with Gasteiger partial charge in [-0.15, -0.1) is 0 Å². The van der Waals surface area contributed by atoms with Crippen molar-refractivity contribution in [2.75, 3.05) is 39.3 Å². The Morgan fingerprint density at radius 1 is 1.06 bits per heavy atom. The summed E-state index contributed by atoms with van der Waals surface area (Å²) in [5.74, 6) is -0.819. The average Bonchev–Trinajstić information content (AvgIpc) is 2.30. The summed E-state index contributed by atoms with van der Waals surface area (Å²) in [4.78, 5) is 25.9. The van der Waals surface area contributed by atoms with Gasteiger partial charge in [-0.25, -0.2) is 0 Å².